The van der Waals surface area contributed by atoms with Gasteiger partial charge in [-0.1, -0.05) is 11.6 Å². The summed E-state index contributed by atoms with van der Waals surface area (Å²) in [6.07, 6.45) is -2.42. The molecule has 3 aromatic rings. The zero-order valence-corrected chi connectivity index (χ0v) is 25.3. The van der Waals surface area contributed by atoms with Crippen LogP contribution in [-0.2, 0) is 15.8 Å². The average Bonchev–Trinajstić information content (AvgIpc) is 3.79. The molecule has 2 amide bonds. The average molecular weight is 686 g/mol. The van der Waals surface area contributed by atoms with Crippen molar-refractivity contribution in [1.82, 2.24) is 10.3 Å². The molecule has 2 aliphatic rings. The van der Waals surface area contributed by atoms with Crippen LogP contribution in [0.5, 0.6) is 11.5 Å². The van der Waals surface area contributed by atoms with Gasteiger partial charge >= 0.3 is 6.18 Å². The summed E-state index contributed by atoms with van der Waals surface area (Å²) in [5.74, 6) is -8.18. The minimum Gasteiger partial charge on any atom is -0.495 e. The van der Waals surface area contributed by atoms with Gasteiger partial charge in [0.2, 0.25) is 11.5 Å². The largest absolute Gasteiger partial charge is 0.495 e. The van der Waals surface area contributed by atoms with Crippen molar-refractivity contribution < 1.29 is 50.5 Å². The molecule has 2 heterocycles. The summed E-state index contributed by atoms with van der Waals surface area (Å²) in [5, 5.41) is 12.2. The monoisotopic (exact) mass is 685 g/mol. The summed E-state index contributed by atoms with van der Waals surface area (Å²) in [5.41, 5.74) is 2.88. The molecule has 0 radical (unpaired) electrons. The van der Waals surface area contributed by atoms with Gasteiger partial charge in [-0.05, 0) is 44.0 Å². The van der Waals surface area contributed by atoms with Gasteiger partial charge in [-0.2, -0.15) is 13.2 Å². The number of nitrogens with two attached hydrogens (primary N) is 2. The molecule has 0 saturated heterocycles. The molecule has 5 rings (SSSR count). The topological polar surface area (TPSA) is 162 Å². The molecule has 250 valence electrons. The maximum Gasteiger partial charge on any atom is 0.424 e. The first-order valence-electron chi connectivity index (χ1n) is 13.8. The number of rotatable bonds is 9. The number of carbonyl (C=O) groups excluding carboxylic acids is 2. The van der Waals surface area contributed by atoms with Crippen LogP contribution in [0.2, 0.25) is 5.02 Å². The number of halogens is 7. The van der Waals surface area contributed by atoms with Crippen molar-refractivity contribution in [3.05, 3.63) is 69.1 Å². The van der Waals surface area contributed by atoms with Gasteiger partial charge in [0.15, 0.2) is 17.5 Å². The number of alkyl halides is 3. The van der Waals surface area contributed by atoms with E-state index in [0.29, 0.717) is 12.1 Å². The zero-order chi connectivity index (χ0) is 34.6. The number of aliphatic imine (C=N–C) groups is 1. The second-order valence-corrected chi connectivity index (χ2v) is 11.7. The van der Waals surface area contributed by atoms with Crippen molar-refractivity contribution in [2.75, 3.05) is 26.0 Å². The molecule has 10 nitrogen and oxygen atoms in total. The number of nitrogens with zero attached hydrogens (tertiary/aromatic N) is 2. The number of hydrogen-bond acceptors (Lipinski definition) is 8. The molecule has 2 atom stereocenters. The number of fused-ring (bicyclic) bond motifs is 1. The number of anilines is 1. The van der Waals surface area contributed by atoms with Gasteiger partial charge in [-0.15, -0.1) is 0 Å². The summed E-state index contributed by atoms with van der Waals surface area (Å²) < 4.78 is 97.6. The van der Waals surface area contributed by atoms with Gasteiger partial charge in [-0.25, -0.2) is 18.2 Å². The molecule has 1 saturated carbocycles. The summed E-state index contributed by atoms with van der Waals surface area (Å²) >= 11 is 5.92. The van der Waals surface area contributed by atoms with Crippen molar-refractivity contribution in [3.8, 4) is 22.8 Å². The Bertz CT molecular complexity index is 1840. The number of amides is 2. The van der Waals surface area contributed by atoms with Crippen molar-refractivity contribution in [1.29, 1.82) is 0 Å². The molecule has 1 aliphatic heterocycles. The van der Waals surface area contributed by atoms with Crippen molar-refractivity contribution in [3.63, 3.8) is 0 Å². The van der Waals surface area contributed by atoms with Gasteiger partial charge in [-0.3, -0.25) is 14.6 Å². The Kier molecular flexibility index (Phi) is 8.56. The molecule has 0 bridgehead atoms. The van der Waals surface area contributed by atoms with E-state index in [-0.39, 0.29) is 34.2 Å². The van der Waals surface area contributed by atoms with E-state index in [4.69, 9.17) is 32.5 Å². The smallest absolute Gasteiger partial charge is 0.424 e. The molecule has 1 aliphatic carbocycles. The maximum atomic E-state index is 14.7. The molecule has 1 aromatic heterocycles. The lowest BCUT2D eigenvalue weighted by atomic mass is 9.81. The fourth-order valence-electron chi connectivity index (χ4n) is 4.84. The predicted molar refractivity (Wildman–Crippen MR) is 157 cm³/mol. The normalized spacial score (nSPS) is 18.9. The fourth-order valence-corrected chi connectivity index (χ4v) is 5.06. The lowest BCUT2D eigenvalue weighted by molar-refractivity contribution is -0.265. The number of aromatic nitrogens is 1. The number of aliphatic hydroxyl groups is 1. The SMILES string of the molecule is COc1cc(C(=O)NC[C@](O)(c2cc3c(c(-c4cc(F)c(F)c(F)c4Cl)n2)OC[C@]3(C)C(N)=O)C(F)(F)F)cc(C=NC2CC2)c1N. The molecule has 17 heteroatoms. The molecular formula is C30H26ClF6N5O5. The minimum absolute atomic E-state index is 0.0345. The van der Waals surface area contributed by atoms with Crippen LogP contribution in [0.25, 0.3) is 11.3 Å². The van der Waals surface area contributed by atoms with E-state index in [0.717, 1.165) is 12.8 Å². The van der Waals surface area contributed by atoms with Crippen molar-refractivity contribution in [2.24, 2.45) is 10.7 Å². The highest BCUT2D eigenvalue weighted by molar-refractivity contribution is 6.33. The van der Waals surface area contributed by atoms with Gasteiger partial charge < -0.3 is 31.4 Å². The van der Waals surface area contributed by atoms with Crippen LogP contribution in [0.4, 0.5) is 32.0 Å². The fraction of sp³-hybridized carbons (Fsp3) is 0.333. The first-order valence-corrected chi connectivity index (χ1v) is 14.2. The number of nitrogen functional groups attached to an aromatic ring is 1. The van der Waals surface area contributed by atoms with Crippen LogP contribution in [-0.4, -0.2) is 60.6 Å². The molecule has 0 spiro atoms. The summed E-state index contributed by atoms with van der Waals surface area (Å²) in [6.45, 7) is -0.867. The van der Waals surface area contributed by atoms with E-state index in [1.54, 1.807) is 0 Å². The third kappa shape index (κ3) is 5.91. The van der Waals surface area contributed by atoms with E-state index in [1.165, 1.54) is 32.4 Å². The highest BCUT2D eigenvalue weighted by atomic mass is 35.5. The Hall–Kier alpha value is -4.57. The Labute approximate surface area is 267 Å². The van der Waals surface area contributed by atoms with E-state index in [1.807, 2.05) is 5.32 Å². The predicted octanol–water partition coefficient (Wildman–Crippen LogP) is 4.31. The number of methoxy groups -OCH3 is 1. The second kappa shape index (κ2) is 11.9. The van der Waals surface area contributed by atoms with Crippen LogP contribution in [0, 0.1) is 17.5 Å². The highest BCUT2D eigenvalue weighted by Crippen LogP contribution is 2.49. The van der Waals surface area contributed by atoms with Crippen LogP contribution >= 0.6 is 11.6 Å². The molecule has 6 N–H and O–H groups in total. The van der Waals surface area contributed by atoms with E-state index >= 15 is 0 Å². The van der Waals surface area contributed by atoms with Gasteiger partial charge in [0, 0.05) is 28.5 Å². The van der Waals surface area contributed by atoms with E-state index < -0.39 is 87.3 Å². The lowest BCUT2D eigenvalue weighted by Crippen LogP contribution is -2.51. The summed E-state index contributed by atoms with van der Waals surface area (Å²) in [6, 6.07) is 3.58. The van der Waals surface area contributed by atoms with Crippen LogP contribution < -0.4 is 26.3 Å². The van der Waals surface area contributed by atoms with Gasteiger partial charge in [0.1, 0.15) is 29.2 Å². The molecule has 2 aromatic carbocycles. The summed E-state index contributed by atoms with van der Waals surface area (Å²) in [4.78, 5) is 33.7. The Morgan fingerprint density at radius 3 is 2.49 bits per heavy atom. The maximum absolute atomic E-state index is 14.7. The third-order valence-corrected chi connectivity index (χ3v) is 8.37. The highest BCUT2D eigenvalue weighted by Gasteiger charge is 2.58. The number of carbonyl (C=O) groups is 2. The minimum atomic E-state index is -5.56. The first-order chi connectivity index (χ1) is 21.9. The molecule has 1 fully saturated rings. The number of ether oxygens (including phenoxy) is 2. The van der Waals surface area contributed by atoms with Crippen molar-refractivity contribution in [2.45, 2.75) is 43.0 Å². The first kappa shape index (κ1) is 33.8. The Balaban J connectivity index is 1.61. The number of hydrogen-bond donors (Lipinski definition) is 4. The van der Waals surface area contributed by atoms with Gasteiger partial charge in [0.25, 0.3) is 5.91 Å². The van der Waals surface area contributed by atoms with E-state index in [2.05, 4.69) is 9.98 Å². The standard InChI is InChI=1S/C30H26ClF6N5O5/c1-28(27(39)44)11-47-25-16(28)8-19(42-24(25)15-7-17(32)21(33)22(34)20(15)31)29(45,30(35,36)37)10-41-26(43)12-5-13(9-40-14-3-4-14)23(38)18(6-12)46-2/h5-9,14,45H,3-4,10-11,38H2,1-2H3,(H2,39,44)(H,41,43)/t28-,29-/m0/s1. The van der Waals surface area contributed by atoms with Crippen LogP contribution in [0.15, 0.2) is 29.3 Å². The number of primary amides is 1. The lowest BCUT2D eigenvalue weighted by Gasteiger charge is -2.31. The van der Waals surface area contributed by atoms with Crippen LogP contribution in [0.3, 0.4) is 0 Å². The molecule has 0 unspecified atom stereocenters. The zero-order valence-electron chi connectivity index (χ0n) is 24.6. The quantitative estimate of drug-likeness (QED) is 0.0858. The molecular weight excluding hydrogens is 660 g/mol. The Morgan fingerprint density at radius 1 is 1.21 bits per heavy atom. The number of pyridine rings is 1. The summed E-state index contributed by atoms with van der Waals surface area (Å²) in [7, 11) is 1.27. The van der Waals surface area contributed by atoms with Crippen molar-refractivity contribution >= 4 is 35.3 Å². The van der Waals surface area contributed by atoms with Crippen LogP contribution in [0.1, 0.15) is 46.9 Å². The molecule has 47 heavy (non-hydrogen) atoms. The number of benzene rings is 2. The number of nitrogens with one attached hydrogen (secondary N) is 1. The third-order valence-electron chi connectivity index (χ3n) is 8.00. The second-order valence-electron chi connectivity index (χ2n) is 11.3. The Morgan fingerprint density at radius 2 is 1.89 bits per heavy atom. The van der Waals surface area contributed by atoms with Gasteiger partial charge in [0.05, 0.1) is 36.1 Å². The van der Waals surface area contributed by atoms with E-state index in [9.17, 15) is 41.0 Å².